The molecule has 3 nitrogen and oxygen atoms in total. The minimum absolute atomic E-state index is 0.215. The molecular formula is C11H17ClF3NO2. The summed E-state index contributed by atoms with van der Waals surface area (Å²) in [5, 5.41) is 2.79. The lowest BCUT2D eigenvalue weighted by Crippen LogP contribution is -2.34. The minimum atomic E-state index is -4.39. The van der Waals surface area contributed by atoms with Gasteiger partial charge in [-0.1, -0.05) is 0 Å². The van der Waals surface area contributed by atoms with Crippen LogP contribution in [0.1, 0.15) is 25.7 Å². The van der Waals surface area contributed by atoms with Crippen LogP contribution in [0.15, 0.2) is 0 Å². The molecule has 0 aliphatic heterocycles. The predicted molar refractivity (Wildman–Crippen MR) is 61.5 cm³/mol. The number of amides is 1. The molecule has 1 amide bonds. The molecule has 0 atom stereocenters. The summed E-state index contributed by atoms with van der Waals surface area (Å²) in [6.07, 6.45) is -0.659. The van der Waals surface area contributed by atoms with Gasteiger partial charge in [0.2, 0.25) is 5.91 Å². The molecule has 0 saturated heterocycles. The highest BCUT2D eigenvalue weighted by Crippen LogP contribution is 2.26. The zero-order chi connectivity index (χ0) is 13.6. The van der Waals surface area contributed by atoms with Crippen LogP contribution in [-0.2, 0) is 9.53 Å². The summed E-state index contributed by atoms with van der Waals surface area (Å²) < 4.78 is 39.5. The summed E-state index contributed by atoms with van der Waals surface area (Å²) in [5.41, 5.74) is 0. The van der Waals surface area contributed by atoms with Crippen molar-refractivity contribution in [1.29, 1.82) is 0 Å². The van der Waals surface area contributed by atoms with Gasteiger partial charge in [0, 0.05) is 11.9 Å². The van der Waals surface area contributed by atoms with Crippen molar-refractivity contribution >= 4 is 17.5 Å². The summed E-state index contributed by atoms with van der Waals surface area (Å²) in [6.45, 7) is -1.46. The number of hydrogen-bond acceptors (Lipinski definition) is 2. The average molecular weight is 288 g/mol. The number of alkyl halides is 4. The first-order valence-electron chi connectivity index (χ1n) is 5.92. The van der Waals surface area contributed by atoms with E-state index in [1.165, 1.54) is 0 Å². The van der Waals surface area contributed by atoms with Gasteiger partial charge >= 0.3 is 6.18 Å². The highest BCUT2D eigenvalue weighted by Gasteiger charge is 2.27. The smallest absolute Gasteiger partial charge is 0.362 e. The molecule has 1 fully saturated rings. The number of hydrogen-bond donors (Lipinski definition) is 1. The molecule has 0 spiro atoms. The lowest BCUT2D eigenvalue weighted by molar-refractivity contribution is -0.175. The monoisotopic (exact) mass is 287 g/mol. The molecule has 1 aliphatic rings. The number of carbonyl (C=O) groups excluding carboxylic acids is 1. The van der Waals surface area contributed by atoms with Crippen molar-refractivity contribution in [1.82, 2.24) is 5.32 Å². The molecule has 1 aliphatic carbocycles. The Morgan fingerprint density at radius 2 is 1.89 bits per heavy atom. The van der Waals surface area contributed by atoms with Crippen LogP contribution in [0.5, 0.6) is 0 Å². The number of ether oxygens (including phenoxy) is 1. The van der Waals surface area contributed by atoms with Crippen molar-refractivity contribution < 1.29 is 22.7 Å². The number of carbonyl (C=O) groups is 1. The Kier molecular flexibility index (Phi) is 6.21. The van der Waals surface area contributed by atoms with Crippen molar-refractivity contribution in [2.45, 2.75) is 37.2 Å². The molecule has 0 radical (unpaired) electrons. The summed E-state index contributed by atoms with van der Waals surface area (Å²) >= 11 is 5.94. The fraction of sp³-hybridized carbons (Fsp3) is 0.909. The zero-order valence-corrected chi connectivity index (χ0v) is 10.7. The van der Waals surface area contributed by atoms with Crippen LogP contribution >= 0.6 is 11.6 Å². The summed E-state index contributed by atoms with van der Waals surface area (Å²) in [5.74, 6) is -0.140. The Balaban J connectivity index is 2.06. The second-order valence-corrected chi connectivity index (χ2v) is 5.15. The molecular weight excluding hydrogens is 271 g/mol. The van der Waals surface area contributed by atoms with Crippen LogP contribution in [0.4, 0.5) is 13.2 Å². The molecule has 0 unspecified atom stereocenters. The lowest BCUT2D eigenvalue weighted by atomic mass is 9.89. The minimum Gasteiger partial charge on any atom is -0.362 e. The Hall–Kier alpha value is -0.490. The van der Waals surface area contributed by atoms with E-state index in [1.807, 2.05) is 0 Å². The third-order valence-corrected chi connectivity index (χ3v) is 3.30. The van der Waals surface area contributed by atoms with E-state index in [-0.39, 0.29) is 5.38 Å². The van der Waals surface area contributed by atoms with E-state index in [0.29, 0.717) is 12.5 Å². The third kappa shape index (κ3) is 7.06. The predicted octanol–water partition coefficient (Wildman–Crippen LogP) is 2.48. The van der Waals surface area contributed by atoms with Crippen LogP contribution < -0.4 is 5.32 Å². The van der Waals surface area contributed by atoms with E-state index in [4.69, 9.17) is 11.6 Å². The summed E-state index contributed by atoms with van der Waals surface area (Å²) in [4.78, 5) is 11.2. The van der Waals surface area contributed by atoms with E-state index >= 15 is 0 Å². The molecule has 0 aromatic rings. The standard InChI is InChI=1S/C11H17ClF3NO2/c12-9-3-1-8(2-4-9)5-16-10(17)6-18-7-11(13,14)15/h8-9H,1-7H2,(H,16,17). The average Bonchev–Trinajstić information content (AvgIpc) is 2.26. The van der Waals surface area contributed by atoms with Gasteiger partial charge in [-0.3, -0.25) is 4.79 Å². The van der Waals surface area contributed by atoms with Crippen LogP contribution in [0.3, 0.4) is 0 Å². The Labute approximate surface area is 109 Å². The quantitative estimate of drug-likeness (QED) is 0.789. The number of rotatable bonds is 5. The Bertz CT molecular complexity index is 266. The molecule has 0 aromatic heterocycles. The number of nitrogens with one attached hydrogen (secondary N) is 1. The van der Waals surface area contributed by atoms with E-state index in [1.54, 1.807) is 0 Å². The molecule has 106 valence electrons. The van der Waals surface area contributed by atoms with E-state index in [2.05, 4.69) is 10.1 Å². The van der Waals surface area contributed by atoms with Gasteiger partial charge in [0.25, 0.3) is 0 Å². The van der Waals surface area contributed by atoms with Crippen molar-refractivity contribution in [3.63, 3.8) is 0 Å². The van der Waals surface area contributed by atoms with Gasteiger partial charge in [0.05, 0.1) is 0 Å². The molecule has 1 rings (SSSR count). The fourth-order valence-corrected chi connectivity index (χ4v) is 2.15. The second-order valence-electron chi connectivity index (χ2n) is 4.53. The van der Waals surface area contributed by atoms with Crippen LogP contribution in [-0.4, -0.2) is 37.2 Å². The SMILES string of the molecule is O=C(COCC(F)(F)F)NCC1CCC(Cl)CC1. The molecule has 7 heteroatoms. The van der Waals surface area contributed by atoms with Gasteiger partial charge < -0.3 is 10.1 Å². The zero-order valence-electron chi connectivity index (χ0n) is 9.93. The molecule has 18 heavy (non-hydrogen) atoms. The van der Waals surface area contributed by atoms with Gasteiger partial charge in [-0.15, -0.1) is 11.6 Å². The van der Waals surface area contributed by atoms with Crippen LogP contribution in [0.25, 0.3) is 0 Å². The highest BCUT2D eigenvalue weighted by atomic mass is 35.5. The maximum absolute atomic E-state index is 11.8. The van der Waals surface area contributed by atoms with Gasteiger partial charge in [-0.25, -0.2) is 0 Å². The number of halogens is 4. The van der Waals surface area contributed by atoms with Gasteiger partial charge in [-0.2, -0.15) is 13.2 Å². The van der Waals surface area contributed by atoms with Crippen molar-refractivity contribution in [2.75, 3.05) is 19.8 Å². The first-order valence-corrected chi connectivity index (χ1v) is 6.35. The Morgan fingerprint density at radius 1 is 1.28 bits per heavy atom. The molecule has 0 bridgehead atoms. The van der Waals surface area contributed by atoms with E-state index < -0.39 is 25.3 Å². The maximum Gasteiger partial charge on any atom is 0.411 e. The van der Waals surface area contributed by atoms with Gasteiger partial charge in [0.1, 0.15) is 13.2 Å². The topological polar surface area (TPSA) is 38.3 Å². The first kappa shape index (κ1) is 15.6. The fourth-order valence-electron chi connectivity index (χ4n) is 1.89. The van der Waals surface area contributed by atoms with Crippen LogP contribution in [0.2, 0.25) is 0 Å². The van der Waals surface area contributed by atoms with E-state index in [0.717, 1.165) is 25.7 Å². The normalized spacial score (nSPS) is 24.9. The first-order chi connectivity index (χ1) is 8.37. The van der Waals surface area contributed by atoms with Gasteiger partial charge in [0.15, 0.2) is 0 Å². The van der Waals surface area contributed by atoms with E-state index in [9.17, 15) is 18.0 Å². The molecule has 1 saturated carbocycles. The maximum atomic E-state index is 11.8. The summed E-state index contributed by atoms with van der Waals surface area (Å²) in [6, 6.07) is 0. The van der Waals surface area contributed by atoms with Crippen molar-refractivity contribution in [2.24, 2.45) is 5.92 Å². The summed E-state index contributed by atoms with van der Waals surface area (Å²) in [7, 11) is 0. The van der Waals surface area contributed by atoms with Crippen molar-refractivity contribution in [3.05, 3.63) is 0 Å². The second kappa shape index (κ2) is 7.19. The van der Waals surface area contributed by atoms with Crippen molar-refractivity contribution in [3.8, 4) is 0 Å². The molecule has 0 heterocycles. The largest absolute Gasteiger partial charge is 0.411 e. The Morgan fingerprint density at radius 3 is 2.44 bits per heavy atom. The third-order valence-electron chi connectivity index (χ3n) is 2.86. The molecule has 0 aromatic carbocycles. The van der Waals surface area contributed by atoms with Gasteiger partial charge in [-0.05, 0) is 31.6 Å². The van der Waals surface area contributed by atoms with Crippen LogP contribution in [0, 0.1) is 5.92 Å². The molecule has 1 N–H and O–H groups in total. The lowest BCUT2D eigenvalue weighted by Gasteiger charge is -2.25. The highest BCUT2D eigenvalue weighted by molar-refractivity contribution is 6.20.